The van der Waals surface area contributed by atoms with Crippen molar-refractivity contribution in [3.05, 3.63) is 54.4 Å². The number of carbonyl (C=O) groups is 1. The van der Waals surface area contributed by atoms with Crippen molar-refractivity contribution in [1.82, 2.24) is 10.2 Å². The summed E-state index contributed by atoms with van der Waals surface area (Å²) in [4.78, 5) is 12.1. The van der Waals surface area contributed by atoms with E-state index in [0.717, 1.165) is 11.8 Å². The molecule has 3 aromatic rings. The molecule has 9 heteroatoms. The molecule has 0 atom stereocenters. The Morgan fingerprint density at radius 3 is 2.85 bits per heavy atom. The van der Waals surface area contributed by atoms with Crippen LogP contribution in [-0.2, 0) is 11.4 Å². The summed E-state index contributed by atoms with van der Waals surface area (Å²) in [6.45, 7) is 0.358. The number of benzene rings is 2. The van der Waals surface area contributed by atoms with Crippen LogP contribution in [0.2, 0.25) is 0 Å². The van der Waals surface area contributed by atoms with E-state index < -0.39 is 0 Å². The van der Waals surface area contributed by atoms with Crippen molar-refractivity contribution < 1.29 is 23.4 Å². The number of anilines is 1. The van der Waals surface area contributed by atoms with Crippen LogP contribution in [0.1, 0.15) is 5.89 Å². The van der Waals surface area contributed by atoms with Crippen LogP contribution < -0.4 is 19.5 Å². The molecule has 0 bridgehead atoms. The van der Waals surface area contributed by atoms with E-state index in [1.807, 2.05) is 30.3 Å². The average molecular weight is 385 g/mol. The number of amides is 1. The Balaban J connectivity index is 1.25. The van der Waals surface area contributed by atoms with Crippen LogP contribution in [0, 0.1) is 0 Å². The zero-order valence-corrected chi connectivity index (χ0v) is 14.9. The lowest BCUT2D eigenvalue weighted by Crippen LogP contribution is -2.13. The van der Waals surface area contributed by atoms with Gasteiger partial charge in [0, 0.05) is 11.8 Å². The van der Waals surface area contributed by atoms with E-state index >= 15 is 0 Å². The molecule has 0 aliphatic carbocycles. The first-order valence-corrected chi connectivity index (χ1v) is 9.07. The summed E-state index contributed by atoms with van der Waals surface area (Å²) in [5.74, 6) is 2.28. The molecule has 1 aromatic heterocycles. The summed E-state index contributed by atoms with van der Waals surface area (Å²) in [5, 5.41) is 10.9. The number of nitrogens with zero attached hydrogens (tertiary/aromatic N) is 2. The van der Waals surface area contributed by atoms with Crippen LogP contribution >= 0.6 is 11.8 Å². The van der Waals surface area contributed by atoms with Crippen LogP contribution in [0.4, 0.5) is 5.69 Å². The smallest absolute Gasteiger partial charge is 0.277 e. The van der Waals surface area contributed by atoms with Gasteiger partial charge < -0.3 is 23.9 Å². The van der Waals surface area contributed by atoms with Gasteiger partial charge in [0.2, 0.25) is 12.7 Å². The predicted molar refractivity (Wildman–Crippen MR) is 97.0 cm³/mol. The van der Waals surface area contributed by atoms with Gasteiger partial charge in [-0.25, -0.2) is 0 Å². The molecular weight excluding hydrogens is 370 g/mol. The van der Waals surface area contributed by atoms with Crippen molar-refractivity contribution in [2.75, 3.05) is 17.9 Å². The van der Waals surface area contributed by atoms with Gasteiger partial charge in [0.05, 0.1) is 5.75 Å². The highest BCUT2D eigenvalue weighted by Gasteiger charge is 2.15. The second-order valence-electron chi connectivity index (χ2n) is 5.47. The summed E-state index contributed by atoms with van der Waals surface area (Å²) < 4.78 is 21.5. The lowest BCUT2D eigenvalue weighted by Gasteiger charge is -2.05. The van der Waals surface area contributed by atoms with Gasteiger partial charge in [0.15, 0.2) is 18.1 Å². The van der Waals surface area contributed by atoms with Crippen molar-refractivity contribution in [3.8, 4) is 17.2 Å². The fourth-order valence-electron chi connectivity index (χ4n) is 2.32. The molecule has 0 radical (unpaired) electrons. The number of fused-ring (bicyclic) bond motifs is 1. The van der Waals surface area contributed by atoms with Crippen molar-refractivity contribution in [2.24, 2.45) is 0 Å². The molecule has 0 saturated carbocycles. The Kier molecular flexibility index (Phi) is 5.10. The number of rotatable bonds is 7. The molecule has 1 aliphatic rings. The van der Waals surface area contributed by atoms with Gasteiger partial charge >= 0.3 is 0 Å². The van der Waals surface area contributed by atoms with E-state index in [0.29, 0.717) is 34.0 Å². The molecular formula is C18H15N3O5S. The number of hydrogen-bond acceptors (Lipinski definition) is 8. The lowest BCUT2D eigenvalue weighted by atomic mass is 10.3. The van der Waals surface area contributed by atoms with Gasteiger partial charge in [-0.15, -0.1) is 10.2 Å². The van der Waals surface area contributed by atoms with E-state index in [2.05, 4.69) is 15.5 Å². The molecule has 1 N–H and O–H groups in total. The Morgan fingerprint density at radius 2 is 1.96 bits per heavy atom. The van der Waals surface area contributed by atoms with Gasteiger partial charge in [0.25, 0.3) is 11.1 Å². The molecule has 0 unspecified atom stereocenters. The second-order valence-corrected chi connectivity index (χ2v) is 6.39. The minimum atomic E-state index is -0.195. The third-order valence-electron chi connectivity index (χ3n) is 3.54. The summed E-state index contributed by atoms with van der Waals surface area (Å²) in [6.07, 6.45) is 0. The Hall–Kier alpha value is -3.20. The first kappa shape index (κ1) is 17.2. The van der Waals surface area contributed by atoms with Crippen LogP contribution in [-0.4, -0.2) is 28.7 Å². The quantitative estimate of drug-likeness (QED) is 0.620. The molecule has 0 spiro atoms. The molecule has 1 aliphatic heterocycles. The normalized spacial score (nSPS) is 12.0. The van der Waals surface area contributed by atoms with Crippen LogP contribution in [0.15, 0.2) is 58.2 Å². The molecule has 2 aromatic carbocycles. The largest absolute Gasteiger partial charge is 0.484 e. The van der Waals surface area contributed by atoms with Crippen molar-refractivity contribution >= 4 is 23.4 Å². The Morgan fingerprint density at radius 1 is 1.11 bits per heavy atom. The third kappa shape index (κ3) is 4.50. The van der Waals surface area contributed by atoms with E-state index in [-0.39, 0.29) is 25.1 Å². The highest BCUT2D eigenvalue weighted by atomic mass is 32.2. The highest BCUT2D eigenvalue weighted by Crippen LogP contribution is 2.34. The van der Waals surface area contributed by atoms with E-state index in [9.17, 15) is 4.79 Å². The van der Waals surface area contributed by atoms with Gasteiger partial charge in [0.1, 0.15) is 5.75 Å². The number of para-hydroxylation sites is 1. The third-order valence-corrected chi connectivity index (χ3v) is 4.36. The SMILES string of the molecule is O=C(CSc1nnc(COc2ccccc2)o1)Nc1ccc2c(c1)OCO2. The maximum Gasteiger partial charge on any atom is 0.277 e. The highest BCUT2D eigenvalue weighted by molar-refractivity contribution is 7.99. The molecule has 0 fully saturated rings. The number of aromatic nitrogens is 2. The molecule has 1 amide bonds. The minimum absolute atomic E-state index is 0.135. The predicted octanol–water partition coefficient (Wildman–Crippen LogP) is 3.11. The average Bonchev–Trinajstić information content (AvgIpc) is 3.34. The van der Waals surface area contributed by atoms with E-state index in [4.69, 9.17) is 18.6 Å². The first-order chi connectivity index (χ1) is 13.3. The molecule has 8 nitrogen and oxygen atoms in total. The first-order valence-electron chi connectivity index (χ1n) is 8.09. The molecule has 138 valence electrons. The van der Waals surface area contributed by atoms with Crippen LogP contribution in [0.5, 0.6) is 17.2 Å². The van der Waals surface area contributed by atoms with Crippen LogP contribution in [0.25, 0.3) is 0 Å². The summed E-state index contributed by atoms with van der Waals surface area (Å²) >= 11 is 1.15. The number of nitrogens with one attached hydrogen (secondary N) is 1. The molecule has 27 heavy (non-hydrogen) atoms. The summed E-state index contributed by atoms with van der Waals surface area (Å²) in [7, 11) is 0. The minimum Gasteiger partial charge on any atom is -0.484 e. The van der Waals surface area contributed by atoms with Gasteiger partial charge in [-0.1, -0.05) is 30.0 Å². The van der Waals surface area contributed by atoms with Gasteiger partial charge in [-0.2, -0.15) is 0 Å². The van der Waals surface area contributed by atoms with Crippen molar-refractivity contribution in [2.45, 2.75) is 11.8 Å². The molecule has 0 saturated heterocycles. The maximum absolute atomic E-state index is 12.1. The fourth-order valence-corrected chi connectivity index (χ4v) is 2.90. The van der Waals surface area contributed by atoms with Crippen LogP contribution in [0.3, 0.4) is 0 Å². The fraction of sp³-hybridized carbons (Fsp3) is 0.167. The standard InChI is InChI=1S/C18H15N3O5S/c22-16(19-12-6-7-14-15(8-12)25-11-24-14)10-27-18-21-20-17(26-18)9-23-13-4-2-1-3-5-13/h1-8H,9-11H2,(H,19,22). The van der Waals surface area contributed by atoms with Crippen molar-refractivity contribution in [1.29, 1.82) is 0 Å². The second kappa shape index (κ2) is 8.00. The van der Waals surface area contributed by atoms with E-state index in [1.54, 1.807) is 18.2 Å². The lowest BCUT2D eigenvalue weighted by molar-refractivity contribution is -0.113. The zero-order chi connectivity index (χ0) is 18.5. The Bertz CT molecular complexity index is 932. The van der Waals surface area contributed by atoms with Gasteiger partial charge in [-0.05, 0) is 24.3 Å². The summed E-state index contributed by atoms with van der Waals surface area (Å²) in [5.41, 5.74) is 0.632. The number of ether oxygens (including phenoxy) is 3. The molecule has 2 heterocycles. The number of carbonyl (C=O) groups excluding carboxylic acids is 1. The summed E-state index contributed by atoms with van der Waals surface area (Å²) in [6, 6.07) is 14.6. The molecule has 4 rings (SSSR count). The van der Waals surface area contributed by atoms with E-state index in [1.165, 1.54) is 0 Å². The number of thioether (sulfide) groups is 1. The number of hydrogen-bond donors (Lipinski definition) is 1. The Labute approximate surface area is 158 Å². The van der Waals surface area contributed by atoms with Crippen molar-refractivity contribution in [3.63, 3.8) is 0 Å². The zero-order valence-electron chi connectivity index (χ0n) is 14.1. The maximum atomic E-state index is 12.1. The topological polar surface area (TPSA) is 95.7 Å². The monoisotopic (exact) mass is 385 g/mol. The van der Waals surface area contributed by atoms with Gasteiger partial charge in [-0.3, -0.25) is 4.79 Å².